The molecule has 2 N–H and O–H groups in total. The third kappa shape index (κ3) is 3.03. The predicted molar refractivity (Wildman–Crippen MR) is 143 cm³/mol. The van der Waals surface area contributed by atoms with Crippen molar-refractivity contribution in [2.45, 2.75) is 25.4 Å². The Hall–Kier alpha value is -3.88. The number of imide groups is 1. The second kappa shape index (κ2) is 8.06. The standard InChI is InChI=1S/C29H28N4O4/c1-31-11-9-16-5-7-20-23(26(16)31)25-24(28(35)30-29(25)36)22-19-8-6-18(37-2)14-21(19)33(27(20)22)13-12-32-10-3-4-17(32)15-34/h5-9,11,14,17,34H,3-4,10,12-13,15H2,1-2H3,(H,30,35,36)/t17-/m0/s1. The first kappa shape index (κ1) is 22.3. The molecule has 2 aromatic heterocycles. The predicted octanol–water partition coefficient (Wildman–Crippen LogP) is 3.79. The van der Waals surface area contributed by atoms with Crippen LogP contribution in [0.1, 0.15) is 33.6 Å². The van der Waals surface area contributed by atoms with Crippen molar-refractivity contribution in [1.82, 2.24) is 19.4 Å². The summed E-state index contributed by atoms with van der Waals surface area (Å²) in [7, 11) is 3.62. The van der Waals surface area contributed by atoms with Crippen LogP contribution in [0.5, 0.6) is 5.75 Å². The Morgan fingerprint density at radius 3 is 2.51 bits per heavy atom. The van der Waals surface area contributed by atoms with Crippen molar-refractivity contribution in [2.75, 3.05) is 26.8 Å². The third-order valence-corrected chi connectivity index (χ3v) is 8.32. The van der Waals surface area contributed by atoms with Gasteiger partial charge in [0.05, 0.1) is 41.4 Å². The molecule has 8 nitrogen and oxygen atoms in total. The molecule has 1 fully saturated rings. The summed E-state index contributed by atoms with van der Waals surface area (Å²) in [5.74, 6) is 0.0306. The van der Waals surface area contributed by atoms with Crippen LogP contribution in [0, 0.1) is 0 Å². The van der Waals surface area contributed by atoms with Gasteiger partial charge in [0.25, 0.3) is 11.8 Å². The lowest BCUT2D eigenvalue weighted by molar-refractivity contribution is 0.0880. The molecule has 0 spiro atoms. The van der Waals surface area contributed by atoms with Crippen LogP contribution >= 0.6 is 0 Å². The zero-order chi connectivity index (χ0) is 25.4. The number of ether oxygens (including phenoxy) is 1. The molecule has 7 rings (SSSR count). The molecule has 2 aliphatic rings. The summed E-state index contributed by atoms with van der Waals surface area (Å²) >= 11 is 0. The van der Waals surface area contributed by atoms with Gasteiger partial charge >= 0.3 is 0 Å². The first-order valence-corrected chi connectivity index (χ1v) is 12.8. The number of hydrogen-bond acceptors (Lipinski definition) is 5. The van der Waals surface area contributed by atoms with Gasteiger partial charge in [0, 0.05) is 65.4 Å². The molecule has 1 atom stereocenters. The van der Waals surface area contributed by atoms with Crippen LogP contribution in [0.3, 0.4) is 0 Å². The zero-order valence-electron chi connectivity index (χ0n) is 20.9. The van der Waals surface area contributed by atoms with E-state index in [0.29, 0.717) is 17.7 Å². The van der Waals surface area contributed by atoms with Crippen LogP contribution in [0.25, 0.3) is 43.5 Å². The minimum absolute atomic E-state index is 0.158. The maximum atomic E-state index is 13.3. The number of nitrogens with one attached hydrogen (secondary N) is 1. The van der Waals surface area contributed by atoms with Crippen LogP contribution < -0.4 is 10.1 Å². The summed E-state index contributed by atoms with van der Waals surface area (Å²) < 4.78 is 9.86. The second-order valence-corrected chi connectivity index (χ2v) is 10.2. The molecule has 0 aliphatic carbocycles. The molecule has 0 saturated carbocycles. The summed E-state index contributed by atoms with van der Waals surface area (Å²) in [5, 5.41) is 16.9. The Kier molecular flexibility index (Phi) is 4.86. The van der Waals surface area contributed by atoms with E-state index in [0.717, 1.165) is 75.2 Å². The maximum absolute atomic E-state index is 13.3. The number of benzene rings is 3. The van der Waals surface area contributed by atoms with Crippen LogP contribution in [0.2, 0.25) is 0 Å². The average Bonchev–Trinajstić information content (AvgIpc) is 3.66. The molecule has 5 aromatic rings. The highest BCUT2D eigenvalue weighted by atomic mass is 16.5. The third-order valence-electron chi connectivity index (χ3n) is 8.32. The number of carbonyl (C=O) groups excluding carboxylic acids is 2. The lowest BCUT2D eigenvalue weighted by Gasteiger charge is -2.23. The van der Waals surface area contributed by atoms with E-state index in [1.54, 1.807) is 7.11 Å². The lowest BCUT2D eigenvalue weighted by Crippen LogP contribution is -2.34. The van der Waals surface area contributed by atoms with Crippen molar-refractivity contribution in [3.63, 3.8) is 0 Å². The van der Waals surface area contributed by atoms with E-state index in [4.69, 9.17) is 4.74 Å². The molecule has 4 heterocycles. The Balaban J connectivity index is 1.62. The molecular formula is C29H28N4O4. The van der Waals surface area contributed by atoms with Gasteiger partial charge in [-0.3, -0.25) is 19.8 Å². The molecule has 37 heavy (non-hydrogen) atoms. The lowest BCUT2D eigenvalue weighted by atomic mass is 9.93. The summed E-state index contributed by atoms with van der Waals surface area (Å²) in [6.45, 7) is 2.57. The SMILES string of the molecule is COc1ccc2c3c4c(c5c(ccc6ccn(C)c65)c3n(CCN3CCC[C@H]3CO)c2c1)C(=O)NC4=O. The highest BCUT2D eigenvalue weighted by molar-refractivity contribution is 6.39. The van der Waals surface area contributed by atoms with Gasteiger partial charge < -0.3 is 19.0 Å². The van der Waals surface area contributed by atoms with Crippen molar-refractivity contribution < 1.29 is 19.4 Å². The molecule has 3 aromatic carbocycles. The molecule has 188 valence electrons. The fraction of sp³-hybridized carbons (Fsp3) is 0.310. The van der Waals surface area contributed by atoms with Gasteiger partial charge in [0.1, 0.15) is 5.75 Å². The first-order valence-electron chi connectivity index (χ1n) is 12.8. The topological polar surface area (TPSA) is 88.7 Å². The van der Waals surface area contributed by atoms with Crippen LogP contribution in [-0.4, -0.2) is 63.8 Å². The van der Waals surface area contributed by atoms with E-state index in [-0.39, 0.29) is 24.5 Å². The number of aromatic nitrogens is 2. The average molecular weight is 497 g/mol. The number of carbonyl (C=O) groups is 2. The minimum Gasteiger partial charge on any atom is -0.497 e. The van der Waals surface area contributed by atoms with Crippen molar-refractivity contribution in [3.05, 3.63) is 53.7 Å². The number of fused-ring (bicyclic) bond motifs is 10. The van der Waals surface area contributed by atoms with Gasteiger partial charge in [0.2, 0.25) is 0 Å². The summed E-state index contributed by atoms with van der Waals surface area (Å²) in [6.07, 6.45) is 4.07. The van der Waals surface area contributed by atoms with Crippen molar-refractivity contribution >= 4 is 55.3 Å². The van der Waals surface area contributed by atoms with E-state index in [1.807, 2.05) is 42.1 Å². The van der Waals surface area contributed by atoms with Crippen LogP contribution in [0.4, 0.5) is 0 Å². The van der Waals surface area contributed by atoms with E-state index in [9.17, 15) is 14.7 Å². The number of aliphatic hydroxyl groups excluding tert-OH is 1. The van der Waals surface area contributed by atoms with Gasteiger partial charge in [0.15, 0.2) is 0 Å². The quantitative estimate of drug-likeness (QED) is 0.362. The fourth-order valence-electron chi connectivity index (χ4n) is 6.62. The number of rotatable bonds is 5. The summed E-state index contributed by atoms with van der Waals surface area (Å²) in [6, 6.07) is 12.3. The number of amides is 2. The van der Waals surface area contributed by atoms with Crippen molar-refractivity contribution in [2.24, 2.45) is 7.05 Å². The second-order valence-electron chi connectivity index (χ2n) is 10.2. The Bertz CT molecular complexity index is 1780. The number of aryl methyl sites for hydroxylation is 1. The molecule has 8 heteroatoms. The van der Waals surface area contributed by atoms with Crippen molar-refractivity contribution in [1.29, 1.82) is 0 Å². The summed E-state index contributed by atoms with van der Waals surface area (Å²) in [4.78, 5) is 28.9. The minimum atomic E-state index is -0.354. The molecule has 0 bridgehead atoms. The number of hydrogen-bond donors (Lipinski definition) is 2. The number of nitrogens with zero attached hydrogens (tertiary/aromatic N) is 3. The monoisotopic (exact) mass is 496 g/mol. The smallest absolute Gasteiger partial charge is 0.259 e. The first-order chi connectivity index (χ1) is 18.0. The molecule has 1 saturated heterocycles. The van der Waals surface area contributed by atoms with Crippen LogP contribution in [0.15, 0.2) is 42.6 Å². The van der Waals surface area contributed by atoms with Gasteiger partial charge in [-0.05, 0) is 37.6 Å². The number of aliphatic hydroxyl groups is 1. The Morgan fingerprint density at radius 2 is 1.76 bits per heavy atom. The van der Waals surface area contributed by atoms with E-state index in [2.05, 4.69) is 26.9 Å². The van der Waals surface area contributed by atoms with Gasteiger partial charge in [-0.15, -0.1) is 0 Å². The Morgan fingerprint density at radius 1 is 1.00 bits per heavy atom. The van der Waals surface area contributed by atoms with Crippen LogP contribution in [-0.2, 0) is 13.6 Å². The summed E-state index contributed by atoms with van der Waals surface area (Å²) in [5.41, 5.74) is 3.75. The highest BCUT2D eigenvalue weighted by Crippen LogP contribution is 2.44. The number of methoxy groups -OCH3 is 1. The van der Waals surface area contributed by atoms with Gasteiger partial charge in [-0.1, -0.05) is 12.1 Å². The molecular weight excluding hydrogens is 468 g/mol. The van der Waals surface area contributed by atoms with Gasteiger partial charge in [-0.2, -0.15) is 0 Å². The van der Waals surface area contributed by atoms with Gasteiger partial charge in [-0.25, -0.2) is 0 Å². The Labute approximate surface area is 213 Å². The highest BCUT2D eigenvalue weighted by Gasteiger charge is 2.35. The largest absolute Gasteiger partial charge is 0.497 e. The molecule has 0 unspecified atom stereocenters. The van der Waals surface area contributed by atoms with E-state index >= 15 is 0 Å². The maximum Gasteiger partial charge on any atom is 0.259 e. The van der Waals surface area contributed by atoms with E-state index in [1.165, 1.54) is 0 Å². The van der Waals surface area contributed by atoms with Crippen molar-refractivity contribution in [3.8, 4) is 5.75 Å². The number of likely N-dealkylation sites (tertiary alicyclic amines) is 1. The zero-order valence-corrected chi connectivity index (χ0v) is 20.9. The van der Waals surface area contributed by atoms with E-state index < -0.39 is 0 Å². The normalized spacial score (nSPS) is 18.1. The molecule has 2 aliphatic heterocycles. The molecule has 0 radical (unpaired) electrons. The fourth-order valence-corrected chi connectivity index (χ4v) is 6.62. The molecule has 2 amide bonds.